The highest BCUT2D eigenvalue weighted by atomic mass is 16.4. The highest BCUT2D eigenvalue weighted by Gasteiger charge is 2.23. The molecule has 6 nitrogen and oxygen atoms in total. The number of carbonyl (C=O) groups excluding carboxylic acids is 1. The Morgan fingerprint density at radius 2 is 1.89 bits per heavy atom. The Balaban J connectivity index is 2.81. The molecule has 6 heteroatoms. The molecule has 0 spiro atoms. The molecular formula is C12H10N2O4. The smallest absolute Gasteiger partial charge is 0.323 e. The first-order valence-electron chi connectivity index (χ1n) is 5.15. The van der Waals surface area contributed by atoms with Crippen LogP contribution in [-0.2, 0) is 11.3 Å². The molecule has 3 N–H and O–H groups in total. The van der Waals surface area contributed by atoms with Gasteiger partial charge in [0, 0.05) is 5.56 Å². The molecule has 0 aromatic carbocycles. The minimum absolute atomic E-state index is 0.178. The largest absolute Gasteiger partial charge is 0.480 e. The number of hydrogen-bond acceptors (Lipinski definition) is 3. The van der Waals surface area contributed by atoms with E-state index in [1.165, 1.54) is 0 Å². The molecule has 2 rings (SSSR count). The van der Waals surface area contributed by atoms with E-state index < -0.39 is 24.0 Å². The maximum atomic E-state index is 12.0. The second kappa shape index (κ2) is 4.33. The van der Waals surface area contributed by atoms with Crippen molar-refractivity contribution in [3.8, 4) is 11.3 Å². The second-order valence-corrected chi connectivity index (χ2v) is 3.73. The number of carbonyl (C=O) groups is 2. The van der Waals surface area contributed by atoms with Crippen molar-refractivity contribution in [2.75, 3.05) is 0 Å². The van der Waals surface area contributed by atoms with Crippen LogP contribution in [0.3, 0.4) is 0 Å². The van der Waals surface area contributed by atoms with Crippen LogP contribution in [-0.4, -0.2) is 21.6 Å². The first-order valence-corrected chi connectivity index (χ1v) is 5.15. The van der Waals surface area contributed by atoms with Gasteiger partial charge in [-0.05, 0) is 6.07 Å². The van der Waals surface area contributed by atoms with Crippen molar-refractivity contribution in [1.82, 2.24) is 4.57 Å². The van der Waals surface area contributed by atoms with E-state index >= 15 is 0 Å². The number of carboxylic acid groups (broad SMARTS) is 1. The quantitative estimate of drug-likeness (QED) is 0.803. The minimum atomic E-state index is -1.16. The summed E-state index contributed by atoms with van der Waals surface area (Å²) in [5.74, 6) is -2.02. The predicted octanol–water partition coefficient (Wildman–Crippen LogP) is 0.137. The summed E-state index contributed by atoms with van der Waals surface area (Å²) in [5, 5.41) is 8.79. The molecular weight excluding hydrogens is 236 g/mol. The van der Waals surface area contributed by atoms with E-state index in [9.17, 15) is 14.4 Å². The summed E-state index contributed by atoms with van der Waals surface area (Å²) in [6, 6.07) is 8.16. The van der Waals surface area contributed by atoms with Gasteiger partial charge >= 0.3 is 5.97 Å². The zero-order valence-corrected chi connectivity index (χ0v) is 9.29. The Kier molecular flexibility index (Phi) is 2.85. The van der Waals surface area contributed by atoms with E-state index in [0.717, 1.165) is 4.57 Å². The zero-order valence-electron chi connectivity index (χ0n) is 9.29. The molecule has 1 aliphatic carbocycles. The van der Waals surface area contributed by atoms with Gasteiger partial charge in [0.05, 0.1) is 5.69 Å². The van der Waals surface area contributed by atoms with E-state index in [1.54, 1.807) is 30.3 Å². The Hall–Kier alpha value is -2.63. The summed E-state index contributed by atoms with van der Waals surface area (Å²) in [7, 11) is 0. The third kappa shape index (κ3) is 1.84. The lowest BCUT2D eigenvalue weighted by Crippen LogP contribution is -2.26. The van der Waals surface area contributed by atoms with Crippen molar-refractivity contribution in [1.29, 1.82) is 0 Å². The molecule has 18 heavy (non-hydrogen) atoms. The number of amides is 1. The maximum Gasteiger partial charge on any atom is 0.323 e. The fourth-order valence-electron chi connectivity index (χ4n) is 1.87. The number of rotatable bonds is 3. The van der Waals surface area contributed by atoms with Crippen LogP contribution in [0.1, 0.15) is 10.4 Å². The molecule has 1 amide bonds. The number of hydrogen-bond donors (Lipinski definition) is 2. The summed E-state index contributed by atoms with van der Waals surface area (Å²) in [4.78, 5) is 34.0. The first kappa shape index (κ1) is 11.8. The number of nitrogens with two attached hydrogens (primary N) is 1. The van der Waals surface area contributed by atoms with Gasteiger partial charge in [-0.3, -0.25) is 19.0 Å². The molecule has 0 aromatic rings. The van der Waals surface area contributed by atoms with Crippen LogP contribution in [0.15, 0.2) is 35.1 Å². The lowest BCUT2D eigenvalue weighted by atomic mass is 10.1. The van der Waals surface area contributed by atoms with Crippen molar-refractivity contribution >= 4 is 11.9 Å². The van der Waals surface area contributed by atoms with Crippen molar-refractivity contribution < 1.29 is 14.7 Å². The molecule has 0 bridgehead atoms. The first-order chi connectivity index (χ1) is 8.52. The molecule has 0 saturated heterocycles. The molecule has 1 aliphatic heterocycles. The van der Waals surface area contributed by atoms with Gasteiger partial charge in [0.15, 0.2) is 0 Å². The topological polar surface area (TPSA) is 102 Å². The van der Waals surface area contributed by atoms with Crippen LogP contribution in [0.5, 0.6) is 0 Å². The average molecular weight is 246 g/mol. The third-order valence-electron chi connectivity index (χ3n) is 2.57. The van der Waals surface area contributed by atoms with Crippen LogP contribution >= 0.6 is 0 Å². The van der Waals surface area contributed by atoms with Crippen molar-refractivity contribution in [3.63, 3.8) is 0 Å². The standard InChI is InChI=1S/C12H10N2O4/c13-11(17)10-7-4-2-1-3-5-8(7)14(12(10)18)6-9(15)16/h1-5H,6H2,(H2,13,17)(H,15,16). The fourth-order valence-corrected chi connectivity index (χ4v) is 1.87. The Morgan fingerprint density at radius 3 is 2.50 bits per heavy atom. The minimum Gasteiger partial charge on any atom is -0.480 e. The molecule has 1 heterocycles. The normalized spacial score (nSPS) is 10.4. The van der Waals surface area contributed by atoms with Crippen molar-refractivity contribution in [2.24, 2.45) is 5.73 Å². The lowest BCUT2D eigenvalue weighted by molar-refractivity contribution is -0.137. The number of carboxylic acids is 1. The molecule has 2 aliphatic rings. The summed E-state index contributed by atoms with van der Waals surface area (Å²) in [6.07, 6.45) is 0. The lowest BCUT2D eigenvalue weighted by Gasteiger charge is -2.00. The van der Waals surface area contributed by atoms with Gasteiger partial charge in [0.2, 0.25) is 0 Å². The average Bonchev–Trinajstić information content (AvgIpc) is 2.46. The third-order valence-corrected chi connectivity index (χ3v) is 2.57. The fraction of sp³-hybridized carbons (Fsp3) is 0.0833. The predicted molar refractivity (Wildman–Crippen MR) is 63.5 cm³/mol. The van der Waals surface area contributed by atoms with Crippen LogP contribution < -0.4 is 11.3 Å². The Labute approximate surface area is 102 Å². The monoisotopic (exact) mass is 246 g/mol. The van der Waals surface area contributed by atoms with Gasteiger partial charge in [0.25, 0.3) is 11.5 Å². The molecule has 0 aromatic heterocycles. The van der Waals surface area contributed by atoms with Gasteiger partial charge in [-0.15, -0.1) is 0 Å². The number of fused-ring (bicyclic) bond motifs is 1. The molecule has 0 unspecified atom stereocenters. The van der Waals surface area contributed by atoms with Crippen molar-refractivity contribution in [2.45, 2.75) is 6.54 Å². The van der Waals surface area contributed by atoms with Crippen LogP contribution in [0, 0.1) is 0 Å². The van der Waals surface area contributed by atoms with E-state index in [-0.39, 0.29) is 5.56 Å². The van der Waals surface area contributed by atoms with E-state index in [4.69, 9.17) is 10.8 Å². The highest BCUT2D eigenvalue weighted by molar-refractivity contribution is 6.00. The van der Waals surface area contributed by atoms with Crippen LogP contribution in [0.4, 0.5) is 0 Å². The molecule has 0 fully saturated rings. The van der Waals surface area contributed by atoms with Gasteiger partial charge < -0.3 is 10.8 Å². The van der Waals surface area contributed by atoms with Gasteiger partial charge in [0.1, 0.15) is 12.1 Å². The number of aliphatic carboxylic acids is 1. The Bertz CT molecular complexity index is 660. The van der Waals surface area contributed by atoms with Crippen LogP contribution in [0.2, 0.25) is 0 Å². The number of primary amides is 1. The van der Waals surface area contributed by atoms with Crippen molar-refractivity contribution in [3.05, 3.63) is 46.2 Å². The molecule has 0 radical (unpaired) electrons. The van der Waals surface area contributed by atoms with E-state index in [2.05, 4.69) is 0 Å². The summed E-state index contributed by atoms with van der Waals surface area (Å²) in [6.45, 7) is -0.507. The second-order valence-electron chi connectivity index (χ2n) is 3.73. The van der Waals surface area contributed by atoms with Gasteiger partial charge in [-0.1, -0.05) is 24.3 Å². The van der Waals surface area contributed by atoms with E-state index in [1.807, 2.05) is 0 Å². The number of nitrogens with zero attached hydrogens (tertiary/aromatic N) is 1. The molecule has 0 saturated carbocycles. The summed E-state index contributed by atoms with van der Waals surface area (Å²) < 4.78 is 1.03. The number of aromatic nitrogens is 1. The summed E-state index contributed by atoms with van der Waals surface area (Å²) in [5.41, 5.74) is 5.05. The molecule has 0 atom stereocenters. The summed E-state index contributed by atoms with van der Waals surface area (Å²) >= 11 is 0. The Morgan fingerprint density at radius 1 is 1.22 bits per heavy atom. The zero-order chi connectivity index (χ0) is 13.3. The molecule has 92 valence electrons. The maximum absolute atomic E-state index is 12.0. The van der Waals surface area contributed by atoms with Gasteiger partial charge in [-0.2, -0.15) is 0 Å². The SMILES string of the molecule is NC(=O)c1c2cccccc-2n(CC(=O)O)c1=O. The van der Waals surface area contributed by atoms with Gasteiger partial charge in [-0.25, -0.2) is 0 Å². The van der Waals surface area contributed by atoms with E-state index in [0.29, 0.717) is 11.3 Å². The highest BCUT2D eigenvalue weighted by Crippen LogP contribution is 2.23. The van der Waals surface area contributed by atoms with Crippen LogP contribution in [0.25, 0.3) is 11.3 Å².